The summed E-state index contributed by atoms with van der Waals surface area (Å²) in [5.74, 6) is -0.716. The second kappa shape index (κ2) is 6.64. The third kappa shape index (κ3) is 3.26. The number of aryl methyl sites for hydroxylation is 1. The predicted octanol–water partition coefficient (Wildman–Crippen LogP) is 3.49. The molecule has 2 N–H and O–H groups in total. The number of nitrogens with one attached hydrogen (secondary N) is 2. The van der Waals surface area contributed by atoms with Crippen LogP contribution in [0.15, 0.2) is 18.2 Å². The van der Waals surface area contributed by atoms with Gasteiger partial charge in [-0.05, 0) is 38.0 Å². The second-order valence-corrected chi connectivity index (χ2v) is 5.19. The van der Waals surface area contributed by atoms with Crippen LogP contribution >= 0.6 is 0 Å². The van der Waals surface area contributed by atoms with E-state index < -0.39 is 11.7 Å². The van der Waals surface area contributed by atoms with Gasteiger partial charge in [-0.25, -0.2) is 4.39 Å². The molecule has 1 aromatic heterocycles. The summed E-state index contributed by atoms with van der Waals surface area (Å²) in [5, 5.41) is 2.69. The van der Waals surface area contributed by atoms with Gasteiger partial charge in [-0.1, -0.05) is 6.92 Å². The van der Waals surface area contributed by atoms with Gasteiger partial charge in [-0.3, -0.25) is 9.59 Å². The summed E-state index contributed by atoms with van der Waals surface area (Å²) in [5.41, 5.74) is 2.57. The molecule has 23 heavy (non-hydrogen) atoms. The molecule has 0 aliphatic carbocycles. The number of anilines is 1. The number of ether oxygens (including phenoxy) is 1. The van der Waals surface area contributed by atoms with Gasteiger partial charge < -0.3 is 15.0 Å². The van der Waals surface area contributed by atoms with E-state index in [1.165, 1.54) is 32.2 Å². The monoisotopic (exact) mass is 318 g/mol. The van der Waals surface area contributed by atoms with E-state index in [9.17, 15) is 14.0 Å². The maximum absolute atomic E-state index is 13.2. The molecule has 0 radical (unpaired) electrons. The Balaban J connectivity index is 2.39. The van der Waals surface area contributed by atoms with Crippen LogP contribution in [0.25, 0.3) is 0 Å². The number of carbonyl (C=O) groups excluding carboxylic acids is 2. The van der Waals surface area contributed by atoms with E-state index in [1.807, 2.05) is 6.92 Å². The highest BCUT2D eigenvalue weighted by molar-refractivity contribution is 6.08. The first-order valence-electron chi connectivity index (χ1n) is 7.26. The molecule has 0 aliphatic rings. The molecule has 0 atom stereocenters. The molecule has 0 fully saturated rings. The zero-order valence-electron chi connectivity index (χ0n) is 13.5. The lowest BCUT2D eigenvalue weighted by Crippen LogP contribution is -2.15. The number of benzene rings is 1. The van der Waals surface area contributed by atoms with E-state index in [2.05, 4.69) is 10.3 Å². The number of aromatic nitrogens is 1. The van der Waals surface area contributed by atoms with Crippen molar-refractivity contribution in [2.45, 2.75) is 27.2 Å². The number of ketones is 1. The fourth-order valence-electron chi connectivity index (χ4n) is 2.65. The molecule has 0 spiro atoms. The van der Waals surface area contributed by atoms with Gasteiger partial charge in [-0.15, -0.1) is 0 Å². The zero-order valence-corrected chi connectivity index (χ0v) is 13.5. The molecule has 0 saturated heterocycles. The van der Waals surface area contributed by atoms with Crippen molar-refractivity contribution >= 4 is 17.4 Å². The summed E-state index contributed by atoms with van der Waals surface area (Å²) in [7, 11) is 1.40. The first-order chi connectivity index (χ1) is 10.9. The number of methoxy groups -OCH3 is 1. The molecule has 0 unspecified atom stereocenters. The maximum Gasteiger partial charge on any atom is 0.272 e. The Morgan fingerprint density at radius 2 is 2.04 bits per heavy atom. The van der Waals surface area contributed by atoms with Crippen molar-refractivity contribution in [2.24, 2.45) is 0 Å². The van der Waals surface area contributed by atoms with Gasteiger partial charge in [0.2, 0.25) is 0 Å². The van der Waals surface area contributed by atoms with Crippen molar-refractivity contribution in [2.75, 3.05) is 12.4 Å². The largest absolute Gasteiger partial charge is 0.494 e. The first-order valence-corrected chi connectivity index (χ1v) is 7.26. The SMILES string of the molecule is CCc1c(C(=O)Nc2ccc(F)cc2OC)[nH]c(C)c1C(C)=O. The average molecular weight is 318 g/mol. The van der Waals surface area contributed by atoms with Crippen LogP contribution in [0, 0.1) is 12.7 Å². The molecule has 2 rings (SSSR count). The Hall–Kier alpha value is -2.63. The third-order valence-electron chi connectivity index (χ3n) is 3.64. The van der Waals surface area contributed by atoms with E-state index >= 15 is 0 Å². The fraction of sp³-hybridized carbons (Fsp3) is 0.294. The normalized spacial score (nSPS) is 10.5. The molecule has 0 aliphatic heterocycles. The molecule has 1 heterocycles. The molecule has 5 nitrogen and oxygen atoms in total. The molecule has 122 valence electrons. The number of aromatic amines is 1. The molecule has 6 heteroatoms. The number of halogens is 1. The number of rotatable bonds is 5. The van der Waals surface area contributed by atoms with Crippen LogP contribution in [0.1, 0.15) is 46.0 Å². The number of carbonyl (C=O) groups is 2. The van der Waals surface area contributed by atoms with E-state index in [1.54, 1.807) is 6.92 Å². The molecule has 1 amide bonds. The standard InChI is InChI=1S/C17H19FN2O3/c1-5-12-15(10(3)21)9(2)19-16(12)17(22)20-13-7-6-11(18)8-14(13)23-4/h6-8,19H,5H2,1-4H3,(H,20,22). The quantitative estimate of drug-likeness (QED) is 0.829. The highest BCUT2D eigenvalue weighted by Gasteiger charge is 2.22. The van der Waals surface area contributed by atoms with E-state index in [4.69, 9.17) is 4.74 Å². The van der Waals surface area contributed by atoms with Crippen molar-refractivity contribution in [3.63, 3.8) is 0 Å². The molecule has 1 aromatic carbocycles. The smallest absolute Gasteiger partial charge is 0.272 e. The number of amides is 1. The topological polar surface area (TPSA) is 71.2 Å². The van der Waals surface area contributed by atoms with Crippen LogP contribution in [0.3, 0.4) is 0 Å². The van der Waals surface area contributed by atoms with Crippen molar-refractivity contribution in [1.82, 2.24) is 4.98 Å². The highest BCUT2D eigenvalue weighted by atomic mass is 19.1. The Morgan fingerprint density at radius 1 is 1.35 bits per heavy atom. The van der Waals surface area contributed by atoms with E-state index in [0.717, 1.165) is 0 Å². The lowest BCUT2D eigenvalue weighted by molar-refractivity contribution is 0.101. The van der Waals surface area contributed by atoms with Crippen LogP contribution in [-0.4, -0.2) is 23.8 Å². The van der Waals surface area contributed by atoms with Crippen molar-refractivity contribution in [1.29, 1.82) is 0 Å². The summed E-state index contributed by atoms with van der Waals surface area (Å²) in [6.45, 7) is 5.11. The summed E-state index contributed by atoms with van der Waals surface area (Å²) in [6.07, 6.45) is 0.544. The Bertz CT molecular complexity index is 765. The van der Waals surface area contributed by atoms with Crippen molar-refractivity contribution in [3.05, 3.63) is 46.5 Å². The van der Waals surface area contributed by atoms with Gasteiger partial charge in [0.1, 0.15) is 17.3 Å². The molecular formula is C17H19FN2O3. The fourth-order valence-corrected chi connectivity index (χ4v) is 2.65. The van der Waals surface area contributed by atoms with Crippen LogP contribution in [0.2, 0.25) is 0 Å². The number of H-pyrrole nitrogens is 1. The molecule has 0 bridgehead atoms. The van der Waals surface area contributed by atoms with Crippen molar-refractivity contribution in [3.8, 4) is 5.75 Å². The van der Waals surface area contributed by atoms with Crippen molar-refractivity contribution < 1.29 is 18.7 Å². The minimum Gasteiger partial charge on any atom is -0.494 e. The Morgan fingerprint density at radius 3 is 2.61 bits per heavy atom. The average Bonchev–Trinajstić information content (AvgIpc) is 2.85. The zero-order chi connectivity index (χ0) is 17.1. The second-order valence-electron chi connectivity index (χ2n) is 5.19. The van der Waals surface area contributed by atoms with Gasteiger partial charge in [0, 0.05) is 17.3 Å². The molecule has 2 aromatic rings. The minimum atomic E-state index is -0.455. The molecule has 0 saturated carbocycles. The lowest BCUT2D eigenvalue weighted by Gasteiger charge is -2.10. The number of hydrogen-bond donors (Lipinski definition) is 2. The highest BCUT2D eigenvalue weighted by Crippen LogP contribution is 2.27. The number of Topliss-reactive ketones (excluding diaryl/α,β-unsaturated/α-hetero) is 1. The van der Waals surface area contributed by atoms with Gasteiger partial charge >= 0.3 is 0 Å². The van der Waals surface area contributed by atoms with Gasteiger partial charge in [-0.2, -0.15) is 0 Å². The maximum atomic E-state index is 13.2. The number of hydrogen-bond acceptors (Lipinski definition) is 3. The van der Waals surface area contributed by atoms with E-state index in [0.29, 0.717) is 34.6 Å². The third-order valence-corrected chi connectivity index (χ3v) is 3.64. The molecular weight excluding hydrogens is 299 g/mol. The predicted molar refractivity (Wildman–Crippen MR) is 85.8 cm³/mol. The Labute approximate surface area is 133 Å². The minimum absolute atomic E-state index is 0.0889. The first kappa shape index (κ1) is 16.7. The van der Waals surface area contributed by atoms with E-state index in [-0.39, 0.29) is 11.5 Å². The summed E-state index contributed by atoms with van der Waals surface area (Å²) >= 11 is 0. The Kier molecular flexibility index (Phi) is 4.83. The summed E-state index contributed by atoms with van der Waals surface area (Å²) in [4.78, 5) is 27.3. The summed E-state index contributed by atoms with van der Waals surface area (Å²) in [6, 6.07) is 3.86. The van der Waals surface area contributed by atoms with Gasteiger partial charge in [0.25, 0.3) is 5.91 Å². The van der Waals surface area contributed by atoms with Crippen LogP contribution in [0.4, 0.5) is 10.1 Å². The van der Waals surface area contributed by atoms with Crippen LogP contribution in [0.5, 0.6) is 5.75 Å². The van der Waals surface area contributed by atoms with Gasteiger partial charge in [0.15, 0.2) is 5.78 Å². The van der Waals surface area contributed by atoms with Crippen LogP contribution < -0.4 is 10.1 Å². The summed E-state index contributed by atoms with van der Waals surface area (Å²) < 4.78 is 18.3. The lowest BCUT2D eigenvalue weighted by atomic mass is 10.0. The van der Waals surface area contributed by atoms with Crippen LogP contribution in [-0.2, 0) is 6.42 Å². The van der Waals surface area contributed by atoms with Gasteiger partial charge in [0.05, 0.1) is 12.8 Å².